The number of fused-ring (bicyclic) bond motifs is 1. The van der Waals surface area contributed by atoms with Crippen molar-refractivity contribution in [3.05, 3.63) is 77.3 Å². The molecule has 4 rings (SSSR count). The van der Waals surface area contributed by atoms with Crippen molar-refractivity contribution < 1.29 is 8.42 Å². The van der Waals surface area contributed by atoms with Crippen LogP contribution < -0.4 is 0 Å². The molecule has 27 heavy (non-hydrogen) atoms. The highest BCUT2D eigenvalue weighted by molar-refractivity contribution is 7.89. The van der Waals surface area contributed by atoms with Gasteiger partial charge >= 0.3 is 0 Å². The highest BCUT2D eigenvalue weighted by Crippen LogP contribution is 2.32. The molecule has 0 N–H and O–H groups in total. The number of benzene rings is 3. The van der Waals surface area contributed by atoms with Crippen molar-refractivity contribution in [2.24, 2.45) is 0 Å². The number of hydrogen-bond donors (Lipinski definition) is 0. The van der Waals surface area contributed by atoms with Crippen LogP contribution in [0.25, 0.3) is 10.8 Å². The number of nitrogens with zero attached hydrogens (tertiary/aromatic N) is 1. The molecular formula is C22H22ClNO2S. The molecule has 1 saturated heterocycles. The fourth-order valence-electron chi connectivity index (χ4n) is 3.89. The second-order valence-electron chi connectivity index (χ2n) is 7.08. The Kier molecular flexibility index (Phi) is 5.22. The van der Waals surface area contributed by atoms with Gasteiger partial charge in [-0.3, -0.25) is 0 Å². The van der Waals surface area contributed by atoms with Crippen LogP contribution in [0, 0.1) is 0 Å². The Balaban J connectivity index is 1.70. The first-order valence-electron chi connectivity index (χ1n) is 9.29. The molecule has 0 spiro atoms. The topological polar surface area (TPSA) is 37.4 Å². The van der Waals surface area contributed by atoms with Crippen molar-refractivity contribution in [1.82, 2.24) is 4.31 Å². The van der Waals surface area contributed by atoms with Crippen LogP contribution in [0.3, 0.4) is 0 Å². The van der Waals surface area contributed by atoms with Crippen molar-refractivity contribution in [2.45, 2.75) is 30.1 Å². The minimum absolute atomic E-state index is 0.189. The van der Waals surface area contributed by atoms with Gasteiger partial charge in [0.25, 0.3) is 0 Å². The molecule has 3 nitrogen and oxygen atoms in total. The Bertz CT molecular complexity index is 1040. The summed E-state index contributed by atoms with van der Waals surface area (Å²) in [6.07, 6.45) is 2.89. The molecule has 1 fully saturated rings. The first kappa shape index (κ1) is 18.5. The van der Waals surface area contributed by atoms with Crippen LogP contribution in [-0.4, -0.2) is 25.8 Å². The Morgan fingerprint density at radius 3 is 2.44 bits per heavy atom. The molecule has 5 heteroatoms. The zero-order valence-electron chi connectivity index (χ0n) is 15.0. The predicted molar refractivity (Wildman–Crippen MR) is 111 cm³/mol. The Hall–Kier alpha value is -1.88. The lowest BCUT2D eigenvalue weighted by molar-refractivity contribution is 0.407. The smallest absolute Gasteiger partial charge is 0.207 e. The molecule has 1 aliphatic heterocycles. The van der Waals surface area contributed by atoms with Gasteiger partial charge in [0.2, 0.25) is 10.0 Å². The fraction of sp³-hybridized carbons (Fsp3) is 0.273. The quantitative estimate of drug-likeness (QED) is 0.587. The van der Waals surface area contributed by atoms with Crippen LogP contribution in [0.1, 0.15) is 30.7 Å². The van der Waals surface area contributed by atoms with E-state index in [0.717, 1.165) is 35.6 Å². The molecular weight excluding hydrogens is 378 g/mol. The van der Waals surface area contributed by atoms with Gasteiger partial charge in [0.05, 0.1) is 4.90 Å². The molecule has 1 atom stereocenters. The van der Waals surface area contributed by atoms with Gasteiger partial charge < -0.3 is 0 Å². The normalized spacial score (nSPS) is 19.1. The third-order valence-corrected chi connectivity index (χ3v) is 7.52. The monoisotopic (exact) mass is 399 g/mol. The highest BCUT2D eigenvalue weighted by atomic mass is 35.5. The fourth-order valence-corrected chi connectivity index (χ4v) is 5.76. The summed E-state index contributed by atoms with van der Waals surface area (Å²) in [4.78, 5) is 0.400. The average Bonchev–Trinajstić information content (AvgIpc) is 2.95. The standard InChI is InChI=1S/C22H22ClNO2S/c23-20-13-11-17(12-14-20)19-7-3-4-15-24(16-19)27(25,26)22-10-5-8-18-6-1-2-9-21(18)22/h1-2,5-6,8-14,19H,3-4,7,15-16H2. The predicted octanol–water partition coefficient (Wildman–Crippen LogP) is 5.45. The third-order valence-electron chi connectivity index (χ3n) is 5.34. The highest BCUT2D eigenvalue weighted by Gasteiger charge is 2.30. The van der Waals surface area contributed by atoms with Gasteiger partial charge in [-0.25, -0.2) is 8.42 Å². The van der Waals surface area contributed by atoms with E-state index in [0.29, 0.717) is 23.0 Å². The van der Waals surface area contributed by atoms with Crippen LogP contribution in [0.4, 0.5) is 0 Å². The molecule has 0 bridgehead atoms. The van der Waals surface area contributed by atoms with E-state index >= 15 is 0 Å². The van der Waals surface area contributed by atoms with Gasteiger partial charge in [0, 0.05) is 23.5 Å². The van der Waals surface area contributed by atoms with Crippen molar-refractivity contribution in [2.75, 3.05) is 13.1 Å². The summed E-state index contributed by atoms with van der Waals surface area (Å²) in [5.41, 5.74) is 1.15. The molecule has 0 aromatic heterocycles. The molecule has 0 radical (unpaired) electrons. The lowest BCUT2D eigenvalue weighted by Gasteiger charge is -2.25. The molecule has 0 aliphatic carbocycles. The minimum Gasteiger partial charge on any atom is -0.207 e. The summed E-state index contributed by atoms with van der Waals surface area (Å²) in [6, 6.07) is 20.9. The average molecular weight is 400 g/mol. The van der Waals surface area contributed by atoms with Crippen LogP contribution in [-0.2, 0) is 10.0 Å². The molecule has 3 aromatic carbocycles. The summed E-state index contributed by atoms with van der Waals surface area (Å²) >= 11 is 6.01. The van der Waals surface area contributed by atoms with E-state index in [-0.39, 0.29) is 5.92 Å². The van der Waals surface area contributed by atoms with Crippen molar-refractivity contribution in [3.8, 4) is 0 Å². The summed E-state index contributed by atoms with van der Waals surface area (Å²) in [5.74, 6) is 0.189. The zero-order chi connectivity index (χ0) is 18.9. The first-order valence-corrected chi connectivity index (χ1v) is 11.1. The van der Waals surface area contributed by atoms with Gasteiger partial charge in [-0.1, -0.05) is 66.6 Å². The lowest BCUT2D eigenvalue weighted by Crippen LogP contribution is -2.34. The maximum absolute atomic E-state index is 13.5. The first-order chi connectivity index (χ1) is 13.1. The molecule has 0 amide bonds. The van der Waals surface area contributed by atoms with E-state index in [9.17, 15) is 8.42 Å². The summed E-state index contributed by atoms with van der Waals surface area (Å²) in [6.45, 7) is 1.07. The van der Waals surface area contributed by atoms with Crippen molar-refractivity contribution in [1.29, 1.82) is 0 Å². The number of sulfonamides is 1. The summed E-state index contributed by atoms with van der Waals surface area (Å²) in [7, 11) is -3.55. The van der Waals surface area contributed by atoms with E-state index in [1.54, 1.807) is 10.4 Å². The van der Waals surface area contributed by atoms with Gasteiger partial charge in [0.15, 0.2) is 0 Å². The largest absolute Gasteiger partial charge is 0.243 e. The Morgan fingerprint density at radius 2 is 1.63 bits per heavy atom. The van der Waals surface area contributed by atoms with Gasteiger partial charge in [-0.05, 0) is 47.9 Å². The van der Waals surface area contributed by atoms with E-state index in [1.807, 2.05) is 60.7 Å². The molecule has 0 saturated carbocycles. The van der Waals surface area contributed by atoms with Crippen molar-refractivity contribution >= 4 is 32.4 Å². The SMILES string of the molecule is O=S(=O)(c1cccc2ccccc12)N1CCCCC(c2ccc(Cl)cc2)C1. The van der Waals surface area contributed by atoms with Crippen LogP contribution in [0.5, 0.6) is 0 Å². The van der Waals surface area contributed by atoms with Gasteiger partial charge in [-0.2, -0.15) is 4.31 Å². The molecule has 1 heterocycles. The molecule has 1 aliphatic rings. The van der Waals surface area contributed by atoms with E-state index in [4.69, 9.17) is 11.6 Å². The van der Waals surface area contributed by atoms with Crippen molar-refractivity contribution in [3.63, 3.8) is 0 Å². The maximum Gasteiger partial charge on any atom is 0.243 e. The Morgan fingerprint density at radius 1 is 0.889 bits per heavy atom. The lowest BCUT2D eigenvalue weighted by atomic mass is 9.95. The molecule has 3 aromatic rings. The summed E-state index contributed by atoms with van der Waals surface area (Å²) < 4.78 is 28.6. The summed E-state index contributed by atoms with van der Waals surface area (Å²) in [5, 5.41) is 2.43. The van der Waals surface area contributed by atoms with Crippen LogP contribution in [0.15, 0.2) is 71.6 Å². The molecule has 1 unspecified atom stereocenters. The van der Waals surface area contributed by atoms with E-state index in [2.05, 4.69) is 0 Å². The third kappa shape index (κ3) is 3.75. The second-order valence-corrected chi connectivity index (χ2v) is 9.43. The van der Waals surface area contributed by atoms with E-state index < -0.39 is 10.0 Å². The minimum atomic E-state index is -3.55. The van der Waals surface area contributed by atoms with Gasteiger partial charge in [0.1, 0.15) is 0 Å². The van der Waals surface area contributed by atoms with Crippen LogP contribution >= 0.6 is 11.6 Å². The zero-order valence-corrected chi connectivity index (χ0v) is 16.6. The number of rotatable bonds is 3. The van der Waals surface area contributed by atoms with Gasteiger partial charge in [-0.15, -0.1) is 0 Å². The van der Waals surface area contributed by atoms with E-state index in [1.165, 1.54) is 0 Å². The molecule has 140 valence electrons. The number of hydrogen-bond acceptors (Lipinski definition) is 2. The maximum atomic E-state index is 13.5. The second kappa shape index (κ2) is 7.63. The number of halogens is 1. The Labute approximate surface area is 165 Å². The van der Waals surface area contributed by atoms with Crippen LogP contribution in [0.2, 0.25) is 5.02 Å².